The lowest BCUT2D eigenvalue weighted by atomic mass is 10.0. The number of hydrogen-bond donors (Lipinski definition) is 1. The van der Waals surface area contributed by atoms with Crippen molar-refractivity contribution in [3.05, 3.63) is 57.0 Å². The number of methoxy groups -OCH3 is 2. The monoisotopic (exact) mass is 356 g/mol. The predicted molar refractivity (Wildman–Crippen MR) is 82.8 cm³/mol. The van der Waals surface area contributed by atoms with Gasteiger partial charge in [-0.05, 0) is 35.4 Å². The van der Waals surface area contributed by atoms with E-state index in [0.717, 1.165) is 10.0 Å². The average molecular weight is 358 g/mol. The van der Waals surface area contributed by atoms with Crippen molar-refractivity contribution < 1.29 is 14.6 Å². The molecule has 0 amide bonds. The molecule has 2 aromatic rings. The minimum absolute atomic E-state index is 0.578. The van der Waals surface area contributed by atoms with Crippen molar-refractivity contribution in [3.8, 4) is 11.5 Å². The van der Waals surface area contributed by atoms with Gasteiger partial charge >= 0.3 is 0 Å². The number of halogens is 2. The zero-order chi connectivity index (χ0) is 14.7. The first-order chi connectivity index (χ1) is 9.56. The van der Waals surface area contributed by atoms with Crippen LogP contribution >= 0.6 is 27.5 Å². The Morgan fingerprint density at radius 2 is 1.75 bits per heavy atom. The second-order valence-corrected chi connectivity index (χ2v) is 5.47. The first-order valence-electron chi connectivity index (χ1n) is 5.91. The number of benzene rings is 2. The van der Waals surface area contributed by atoms with Gasteiger partial charge in [0.05, 0.1) is 14.2 Å². The molecule has 0 aliphatic heterocycles. The molecule has 0 bridgehead atoms. The number of hydrogen-bond acceptors (Lipinski definition) is 3. The number of aliphatic hydroxyl groups excluding tert-OH is 1. The van der Waals surface area contributed by atoms with Crippen molar-refractivity contribution >= 4 is 27.5 Å². The van der Waals surface area contributed by atoms with Gasteiger partial charge in [-0.25, -0.2) is 0 Å². The molecule has 0 fully saturated rings. The maximum absolute atomic E-state index is 10.5. The zero-order valence-corrected chi connectivity index (χ0v) is 13.4. The van der Waals surface area contributed by atoms with Gasteiger partial charge in [0.25, 0.3) is 0 Å². The molecule has 1 N–H and O–H groups in total. The van der Waals surface area contributed by atoms with Crippen LogP contribution < -0.4 is 9.47 Å². The average Bonchev–Trinajstić information content (AvgIpc) is 2.45. The van der Waals surface area contributed by atoms with E-state index >= 15 is 0 Å². The first kappa shape index (κ1) is 15.2. The second kappa shape index (κ2) is 6.48. The smallest absolute Gasteiger partial charge is 0.161 e. The summed E-state index contributed by atoms with van der Waals surface area (Å²) in [6.07, 6.45) is -0.776. The fourth-order valence-corrected chi connectivity index (χ4v) is 2.83. The van der Waals surface area contributed by atoms with Gasteiger partial charge < -0.3 is 14.6 Å². The van der Waals surface area contributed by atoms with Crippen molar-refractivity contribution in [3.63, 3.8) is 0 Å². The summed E-state index contributed by atoms with van der Waals surface area (Å²) in [5, 5.41) is 11.1. The Hall–Kier alpha value is -1.23. The van der Waals surface area contributed by atoms with E-state index in [1.807, 2.05) is 0 Å². The highest BCUT2D eigenvalue weighted by Crippen LogP contribution is 2.35. The van der Waals surface area contributed by atoms with Gasteiger partial charge in [-0.2, -0.15) is 0 Å². The van der Waals surface area contributed by atoms with Crippen LogP contribution in [0.3, 0.4) is 0 Å². The Balaban J connectivity index is 2.40. The van der Waals surface area contributed by atoms with Crippen molar-refractivity contribution in [1.82, 2.24) is 0 Å². The van der Waals surface area contributed by atoms with Crippen LogP contribution in [0.4, 0.5) is 0 Å². The molecule has 5 heteroatoms. The summed E-state index contributed by atoms with van der Waals surface area (Å²) in [7, 11) is 3.13. The van der Waals surface area contributed by atoms with E-state index in [0.29, 0.717) is 22.1 Å². The Labute approximate surface area is 131 Å². The van der Waals surface area contributed by atoms with Gasteiger partial charge in [0.2, 0.25) is 0 Å². The van der Waals surface area contributed by atoms with Gasteiger partial charge in [0, 0.05) is 9.50 Å². The Bertz CT molecular complexity index is 616. The molecule has 2 rings (SSSR count). The fourth-order valence-electron chi connectivity index (χ4n) is 1.93. The maximum Gasteiger partial charge on any atom is 0.161 e. The van der Waals surface area contributed by atoms with Crippen LogP contribution in [0.1, 0.15) is 17.2 Å². The quantitative estimate of drug-likeness (QED) is 0.891. The summed E-state index contributed by atoms with van der Waals surface area (Å²) >= 11 is 9.32. The number of ether oxygens (including phenoxy) is 2. The molecule has 0 aliphatic carbocycles. The van der Waals surface area contributed by atoms with Gasteiger partial charge in [0.15, 0.2) is 11.5 Å². The van der Waals surface area contributed by atoms with Gasteiger partial charge in [-0.3, -0.25) is 0 Å². The van der Waals surface area contributed by atoms with Gasteiger partial charge in [-0.15, -0.1) is 0 Å². The second-order valence-electron chi connectivity index (χ2n) is 4.18. The topological polar surface area (TPSA) is 38.7 Å². The molecular weight excluding hydrogens is 344 g/mol. The normalized spacial score (nSPS) is 12.1. The standard InChI is InChI=1S/C15H14BrClO3/c1-19-13-6-3-9(7-14(13)20-2)15(18)11-5-4-10(17)8-12(11)16/h3-8,15,18H,1-2H3. The lowest BCUT2D eigenvalue weighted by molar-refractivity contribution is 0.218. The molecule has 106 valence electrons. The van der Waals surface area contributed by atoms with Crippen LogP contribution in [0.5, 0.6) is 11.5 Å². The molecule has 3 nitrogen and oxygen atoms in total. The maximum atomic E-state index is 10.5. The van der Waals surface area contributed by atoms with E-state index in [-0.39, 0.29) is 0 Å². The van der Waals surface area contributed by atoms with Gasteiger partial charge in [-0.1, -0.05) is 39.7 Å². The van der Waals surface area contributed by atoms with Crippen LogP contribution in [0, 0.1) is 0 Å². The summed E-state index contributed by atoms with van der Waals surface area (Å²) in [4.78, 5) is 0. The molecule has 2 aromatic carbocycles. The lowest BCUT2D eigenvalue weighted by Gasteiger charge is -2.16. The summed E-state index contributed by atoms with van der Waals surface area (Å²) in [6.45, 7) is 0. The molecule has 20 heavy (non-hydrogen) atoms. The molecule has 0 heterocycles. The van der Waals surface area contributed by atoms with Crippen molar-refractivity contribution in [2.75, 3.05) is 14.2 Å². The Kier molecular flexibility index (Phi) is 4.91. The third-order valence-electron chi connectivity index (χ3n) is 2.98. The molecule has 0 aromatic heterocycles. The van der Waals surface area contributed by atoms with Crippen molar-refractivity contribution in [2.24, 2.45) is 0 Å². The van der Waals surface area contributed by atoms with E-state index in [2.05, 4.69) is 15.9 Å². The summed E-state index contributed by atoms with van der Waals surface area (Å²) in [5.74, 6) is 1.20. The molecule has 0 saturated carbocycles. The van der Waals surface area contributed by atoms with Crippen LogP contribution in [-0.2, 0) is 0 Å². The van der Waals surface area contributed by atoms with Crippen molar-refractivity contribution in [2.45, 2.75) is 6.10 Å². The highest BCUT2D eigenvalue weighted by molar-refractivity contribution is 9.10. The molecule has 1 unspecified atom stereocenters. The zero-order valence-electron chi connectivity index (χ0n) is 11.1. The van der Waals surface area contributed by atoms with Gasteiger partial charge in [0.1, 0.15) is 6.10 Å². The fraction of sp³-hybridized carbons (Fsp3) is 0.200. The van der Waals surface area contributed by atoms with E-state index in [1.54, 1.807) is 50.6 Å². The highest BCUT2D eigenvalue weighted by atomic mass is 79.9. The van der Waals surface area contributed by atoms with Crippen LogP contribution in [0.15, 0.2) is 40.9 Å². The third kappa shape index (κ3) is 3.08. The highest BCUT2D eigenvalue weighted by Gasteiger charge is 2.16. The van der Waals surface area contributed by atoms with E-state index in [9.17, 15) is 5.11 Å². The van der Waals surface area contributed by atoms with Crippen LogP contribution in [0.2, 0.25) is 5.02 Å². The van der Waals surface area contributed by atoms with E-state index < -0.39 is 6.10 Å². The Morgan fingerprint density at radius 3 is 2.35 bits per heavy atom. The first-order valence-corrected chi connectivity index (χ1v) is 7.09. The lowest BCUT2D eigenvalue weighted by Crippen LogP contribution is -2.02. The number of aliphatic hydroxyl groups is 1. The minimum atomic E-state index is -0.776. The van der Waals surface area contributed by atoms with E-state index in [4.69, 9.17) is 21.1 Å². The number of rotatable bonds is 4. The van der Waals surface area contributed by atoms with Crippen LogP contribution in [-0.4, -0.2) is 19.3 Å². The molecule has 0 spiro atoms. The third-order valence-corrected chi connectivity index (χ3v) is 3.90. The SMILES string of the molecule is COc1ccc(C(O)c2ccc(Cl)cc2Br)cc1OC. The molecule has 0 saturated heterocycles. The summed E-state index contributed by atoms with van der Waals surface area (Å²) < 4.78 is 11.2. The Morgan fingerprint density at radius 1 is 1.05 bits per heavy atom. The predicted octanol–water partition coefficient (Wildman–Crippen LogP) is 4.20. The van der Waals surface area contributed by atoms with E-state index in [1.165, 1.54) is 0 Å². The summed E-state index contributed by atoms with van der Waals surface area (Å²) in [6, 6.07) is 10.6. The molecule has 0 radical (unpaired) electrons. The van der Waals surface area contributed by atoms with Crippen molar-refractivity contribution in [1.29, 1.82) is 0 Å². The molecular formula is C15H14BrClO3. The summed E-state index contributed by atoms with van der Waals surface area (Å²) in [5.41, 5.74) is 1.45. The minimum Gasteiger partial charge on any atom is -0.493 e. The molecule has 0 aliphatic rings. The largest absolute Gasteiger partial charge is 0.493 e. The molecule has 1 atom stereocenters. The van der Waals surface area contributed by atoms with Crippen LogP contribution in [0.25, 0.3) is 0 Å².